The van der Waals surface area contributed by atoms with Crippen LogP contribution in [0.2, 0.25) is 0 Å². The molecule has 2 radical (unpaired) electrons. The molecule has 0 N–H and O–H groups in total. The second-order valence-electron chi connectivity index (χ2n) is 8.48. The van der Waals surface area contributed by atoms with Gasteiger partial charge in [0.1, 0.15) is 22.5 Å². The maximum Gasteiger partial charge on any atom is 0.881 e. The molecule has 0 aliphatic carbocycles. The monoisotopic (exact) mass is 526 g/mol. The molecule has 38 heavy (non-hydrogen) atoms. The fourth-order valence-corrected chi connectivity index (χ4v) is 4.84. The first kappa shape index (κ1) is 25.8. The number of aromatic nitrogens is 2. The summed E-state index contributed by atoms with van der Waals surface area (Å²) in [6, 6.07) is 38.2. The summed E-state index contributed by atoms with van der Waals surface area (Å²) in [5, 5.41) is 2.18. The van der Waals surface area contributed by atoms with Crippen LogP contribution in [0, 0.1) is 6.92 Å². The van der Waals surface area contributed by atoms with Crippen LogP contribution in [0.1, 0.15) is 5.69 Å². The molecule has 2 aromatic heterocycles. The minimum absolute atomic E-state index is 0.665. The van der Waals surface area contributed by atoms with Gasteiger partial charge in [0.25, 0.3) is 0 Å². The molecular weight excluding hydrogens is 502 g/mol. The third kappa shape index (κ3) is 6.35. The van der Waals surface area contributed by atoms with Gasteiger partial charge in [-0.3, -0.25) is 4.98 Å². The Bertz CT molecular complexity index is 1640. The number of hydrogen-bond acceptors (Lipinski definition) is 5. The average molecular weight is 527 g/mol. The predicted molar refractivity (Wildman–Crippen MR) is 155 cm³/mol. The van der Waals surface area contributed by atoms with Crippen LogP contribution in [-0.2, 0) is 0 Å². The minimum atomic E-state index is -0.665. The van der Waals surface area contributed by atoms with Crippen LogP contribution in [-0.4, -0.2) is 42.5 Å². The summed E-state index contributed by atoms with van der Waals surface area (Å²) in [5.74, 6) is 2.41. The van der Waals surface area contributed by atoms with Crippen molar-refractivity contribution >= 4 is 54.3 Å². The van der Waals surface area contributed by atoms with E-state index in [-0.39, 0.29) is 0 Å². The molecule has 0 spiro atoms. The molecule has 6 aromatic rings. The fourth-order valence-electron chi connectivity index (χ4n) is 3.99. The van der Waals surface area contributed by atoms with Crippen molar-refractivity contribution < 1.29 is 11.4 Å². The van der Waals surface area contributed by atoms with E-state index < -0.39 is 15.9 Å². The first-order valence-electron chi connectivity index (χ1n) is 12.1. The van der Waals surface area contributed by atoms with E-state index in [1.54, 1.807) is 6.20 Å². The van der Waals surface area contributed by atoms with E-state index in [1.807, 2.05) is 91.9 Å². The zero-order valence-electron chi connectivity index (χ0n) is 21.0. The Hall–Kier alpha value is -3.84. The van der Waals surface area contributed by atoms with Crippen LogP contribution in [0.25, 0.3) is 32.9 Å². The van der Waals surface area contributed by atoms with Crippen LogP contribution in [0.15, 0.2) is 121 Å². The van der Waals surface area contributed by atoms with Crippen LogP contribution >= 0.6 is 0 Å². The van der Waals surface area contributed by atoms with Gasteiger partial charge in [-0.25, -0.2) is 4.98 Å². The topological polar surface area (TPSA) is 53.5 Å². The summed E-state index contributed by atoms with van der Waals surface area (Å²) in [5.41, 5.74) is 5.14. The van der Waals surface area contributed by atoms with Crippen LogP contribution < -0.4 is 11.4 Å². The van der Waals surface area contributed by atoms with Crippen molar-refractivity contribution in [3.8, 4) is 28.4 Å². The Morgan fingerprint density at radius 3 is 2.05 bits per heavy atom. The fraction of sp³-hybridized carbons (Fsp3) is 0.0323. The lowest BCUT2D eigenvalue weighted by molar-refractivity contribution is 0.461. The summed E-state index contributed by atoms with van der Waals surface area (Å²) >= 11 is 0.801. The third-order valence-electron chi connectivity index (χ3n) is 5.89. The number of nitrogens with zero attached hydrogens (tertiary/aromatic N) is 2. The van der Waals surface area contributed by atoms with Gasteiger partial charge in [0.05, 0.1) is 5.75 Å². The van der Waals surface area contributed by atoms with Crippen molar-refractivity contribution in [3.63, 3.8) is 0 Å². The number of pyridine rings is 2. The van der Waals surface area contributed by atoms with Gasteiger partial charge in [0.15, 0.2) is 0 Å². The molecule has 0 bridgehead atoms. The van der Waals surface area contributed by atoms with Gasteiger partial charge in [-0.2, -0.15) is 0 Å². The van der Waals surface area contributed by atoms with Crippen LogP contribution in [0.4, 0.5) is 0 Å². The lowest BCUT2D eigenvalue weighted by atomic mass is 10.1. The van der Waals surface area contributed by atoms with Crippen molar-refractivity contribution in [2.45, 2.75) is 6.92 Å². The van der Waals surface area contributed by atoms with Gasteiger partial charge in [-0.05, 0) is 54.4 Å². The van der Waals surface area contributed by atoms with Crippen LogP contribution in [0.3, 0.4) is 0 Å². The summed E-state index contributed by atoms with van der Waals surface area (Å²) in [4.78, 5) is 8.81. The maximum absolute atomic E-state index is 5.89. The lowest BCUT2D eigenvalue weighted by Crippen LogP contribution is -2.11. The molecule has 0 aliphatic heterocycles. The molecule has 0 saturated carbocycles. The highest BCUT2D eigenvalue weighted by atomic mass is 27.2. The molecule has 0 unspecified atom stereocenters. The van der Waals surface area contributed by atoms with Gasteiger partial charge in [0, 0.05) is 22.7 Å². The molecule has 7 heteroatoms. The van der Waals surface area contributed by atoms with E-state index in [0.29, 0.717) is 0 Å². The predicted octanol–water partition coefficient (Wildman–Crippen LogP) is 6.63. The number of rotatable bonds is 6. The summed E-state index contributed by atoms with van der Waals surface area (Å²) < 4.78 is 16.9. The molecular formula is C31H24Al2N2O3. The standard InChI is InChI=1S/C12H10O.C10H9NO.C9H7NO.2Al.H/c13-12-8-6-11(7-9-12)10-4-2-1-3-5-10;1-7-5-6-8-3-2-4-9(12)10(8)11-7;11-8-5-1-3-7-4-2-6-10-9(7)8;;;/h1-9,13H;2-6,12H,1H3;1-6,11H;;;/q;;;+1;+2;/p-3. The van der Waals surface area contributed by atoms with Gasteiger partial charge in [-0.1, -0.05) is 78.9 Å². The Labute approximate surface area is 237 Å². The van der Waals surface area contributed by atoms with Crippen molar-refractivity contribution in [2.24, 2.45) is 0 Å². The lowest BCUT2D eigenvalue weighted by Gasteiger charge is -2.11. The van der Waals surface area contributed by atoms with Crippen molar-refractivity contribution in [1.82, 2.24) is 9.97 Å². The Morgan fingerprint density at radius 2 is 1.29 bits per heavy atom. The molecule has 0 aliphatic rings. The highest BCUT2D eigenvalue weighted by Gasteiger charge is 2.10. The molecule has 182 valence electrons. The molecule has 4 aromatic carbocycles. The zero-order valence-corrected chi connectivity index (χ0v) is 23.5. The number of para-hydroxylation sites is 2. The van der Waals surface area contributed by atoms with Crippen molar-refractivity contribution in [3.05, 3.63) is 127 Å². The molecule has 0 atom stereocenters. The second-order valence-corrected chi connectivity index (χ2v) is 9.43. The van der Waals surface area contributed by atoms with E-state index in [9.17, 15) is 0 Å². The van der Waals surface area contributed by atoms with E-state index >= 15 is 0 Å². The van der Waals surface area contributed by atoms with E-state index in [1.165, 1.54) is 27.8 Å². The first-order chi connectivity index (χ1) is 18.7. The largest absolute Gasteiger partial charge is 0.881 e. The molecule has 0 saturated heterocycles. The normalized spacial score (nSPS) is 10.3. The Balaban J connectivity index is 0.000000204. The number of hydrogen-bond donors (Lipinski definition) is 0. The number of fused-ring (bicyclic) bond motifs is 2. The SMILES string of the molecule is Cc1ccc2cccc([O][Al][O]c3ccc(-c4ccccc4)cc3)c2n1.[AlH][O]c1cccc2cccnc12. The third-order valence-corrected chi connectivity index (χ3v) is 6.92. The smallest absolute Gasteiger partial charge is 0.649 e. The van der Waals surface area contributed by atoms with Gasteiger partial charge in [-0.15, -0.1) is 0 Å². The Kier molecular flexibility index (Phi) is 8.56. The van der Waals surface area contributed by atoms with Gasteiger partial charge in [0.2, 0.25) is 0 Å². The summed E-state index contributed by atoms with van der Waals surface area (Å²) in [6.07, 6.45) is 1.77. The molecule has 6 rings (SSSR count). The van der Waals surface area contributed by atoms with E-state index in [4.69, 9.17) is 11.4 Å². The zero-order chi connectivity index (χ0) is 26.2. The first-order valence-corrected chi connectivity index (χ1v) is 13.7. The summed E-state index contributed by atoms with van der Waals surface area (Å²) in [7, 11) is 0. The van der Waals surface area contributed by atoms with E-state index in [0.717, 1.165) is 44.7 Å². The van der Waals surface area contributed by atoms with Crippen LogP contribution in [0.5, 0.6) is 17.2 Å². The number of benzene rings is 4. The second kappa shape index (κ2) is 12.6. The highest BCUT2D eigenvalue weighted by molar-refractivity contribution is 6.21. The molecule has 0 fully saturated rings. The average Bonchev–Trinajstić information content (AvgIpc) is 2.98. The maximum atomic E-state index is 5.89. The molecule has 5 nitrogen and oxygen atoms in total. The van der Waals surface area contributed by atoms with Gasteiger partial charge < -0.3 is 11.4 Å². The number of aryl methyl sites for hydroxylation is 1. The quantitative estimate of drug-likeness (QED) is 0.228. The summed E-state index contributed by atoms with van der Waals surface area (Å²) in [6.45, 7) is 1.98. The Morgan fingerprint density at radius 1 is 0.605 bits per heavy atom. The van der Waals surface area contributed by atoms with Gasteiger partial charge >= 0.3 is 32.5 Å². The molecule has 2 heterocycles. The van der Waals surface area contributed by atoms with Crippen molar-refractivity contribution in [2.75, 3.05) is 0 Å². The van der Waals surface area contributed by atoms with Crippen molar-refractivity contribution in [1.29, 1.82) is 0 Å². The minimum Gasteiger partial charge on any atom is -0.649 e. The molecule has 0 amide bonds. The highest BCUT2D eigenvalue weighted by Crippen LogP contribution is 2.25. The van der Waals surface area contributed by atoms with E-state index in [2.05, 4.69) is 40.3 Å².